The van der Waals surface area contributed by atoms with Crippen molar-refractivity contribution in [2.24, 2.45) is 0 Å². The molecule has 1 unspecified atom stereocenters. The van der Waals surface area contributed by atoms with Crippen molar-refractivity contribution in [3.63, 3.8) is 0 Å². The molecular weight excluding hydrogens is 242 g/mol. The number of hydrogen-bond acceptors (Lipinski definition) is 2. The molecule has 1 aliphatic heterocycles. The average molecular weight is 254 g/mol. The Labute approximate surface area is 102 Å². The van der Waals surface area contributed by atoms with Gasteiger partial charge in [-0.3, -0.25) is 9.59 Å². The fourth-order valence-electron chi connectivity index (χ4n) is 1.79. The van der Waals surface area contributed by atoms with Crippen molar-refractivity contribution in [1.82, 2.24) is 10.6 Å². The van der Waals surface area contributed by atoms with Gasteiger partial charge in [0.05, 0.1) is 0 Å². The van der Waals surface area contributed by atoms with E-state index in [1.54, 1.807) is 0 Å². The van der Waals surface area contributed by atoms with Gasteiger partial charge >= 0.3 is 0 Å². The highest BCUT2D eigenvalue weighted by Gasteiger charge is 2.24. The fourth-order valence-corrected chi connectivity index (χ4v) is 1.79. The van der Waals surface area contributed by atoms with E-state index in [2.05, 4.69) is 10.6 Å². The number of carbonyl (C=O) groups excluding carboxylic acids is 2. The van der Waals surface area contributed by atoms with E-state index in [1.165, 1.54) is 6.07 Å². The molecule has 1 saturated heterocycles. The standard InChI is InChI=1S/C12H12F2N2O2/c13-8-4-3-7(6-9(8)14)11(17)16-10-2-1-5-15-12(10)18/h3-4,6,10H,1-2,5H2,(H,15,18)(H,16,17). The van der Waals surface area contributed by atoms with Crippen LogP contribution in [0.4, 0.5) is 8.78 Å². The summed E-state index contributed by atoms with van der Waals surface area (Å²) in [4.78, 5) is 23.2. The quantitative estimate of drug-likeness (QED) is 0.826. The summed E-state index contributed by atoms with van der Waals surface area (Å²) >= 11 is 0. The lowest BCUT2D eigenvalue weighted by Gasteiger charge is -2.22. The van der Waals surface area contributed by atoms with Crippen LogP contribution in [0.5, 0.6) is 0 Å². The summed E-state index contributed by atoms with van der Waals surface area (Å²) in [6.07, 6.45) is 1.32. The Kier molecular flexibility index (Phi) is 3.55. The summed E-state index contributed by atoms with van der Waals surface area (Å²) in [6.45, 7) is 0.594. The summed E-state index contributed by atoms with van der Waals surface area (Å²) in [5, 5.41) is 5.11. The van der Waals surface area contributed by atoms with Gasteiger partial charge in [0, 0.05) is 12.1 Å². The van der Waals surface area contributed by atoms with E-state index in [0.29, 0.717) is 13.0 Å². The number of hydrogen-bond donors (Lipinski definition) is 2. The van der Waals surface area contributed by atoms with Crippen LogP contribution in [-0.4, -0.2) is 24.4 Å². The Hall–Kier alpha value is -1.98. The Balaban J connectivity index is 2.07. The highest BCUT2D eigenvalue weighted by atomic mass is 19.2. The molecular formula is C12H12F2N2O2. The summed E-state index contributed by atoms with van der Waals surface area (Å²) in [5.41, 5.74) is -0.00715. The normalized spacial score (nSPS) is 19.2. The first kappa shape index (κ1) is 12.5. The molecule has 6 heteroatoms. The molecule has 96 valence electrons. The predicted octanol–water partition coefficient (Wildman–Crippen LogP) is 0.973. The molecule has 0 aromatic heterocycles. The van der Waals surface area contributed by atoms with Crippen molar-refractivity contribution < 1.29 is 18.4 Å². The molecule has 0 radical (unpaired) electrons. The molecule has 1 aromatic rings. The van der Waals surface area contributed by atoms with Gasteiger partial charge in [0.1, 0.15) is 6.04 Å². The molecule has 1 fully saturated rings. The van der Waals surface area contributed by atoms with Crippen LogP contribution in [0.3, 0.4) is 0 Å². The summed E-state index contributed by atoms with van der Waals surface area (Å²) in [7, 11) is 0. The van der Waals surface area contributed by atoms with Crippen LogP contribution in [0, 0.1) is 11.6 Å². The van der Waals surface area contributed by atoms with Gasteiger partial charge in [0.15, 0.2) is 11.6 Å². The Morgan fingerprint density at radius 2 is 2.11 bits per heavy atom. The number of halogens is 2. The van der Waals surface area contributed by atoms with Crippen molar-refractivity contribution in [3.8, 4) is 0 Å². The molecule has 1 atom stereocenters. The van der Waals surface area contributed by atoms with Crippen molar-refractivity contribution in [1.29, 1.82) is 0 Å². The zero-order valence-corrected chi connectivity index (χ0v) is 9.50. The van der Waals surface area contributed by atoms with Gasteiger partial charge in [0.2, 0.25) is 5.91 Å². The minimum Gasteiger partial charge on any atom is -0.354 e. The highest BCUT2D eigenvalue weighted by molar-refractivity contribution is 5.97. The lowest BCUT2D eigenvalue weighted by Crippen LogP contribution is -2.50. The number of benzene rings is 1. The Bertz CT molecular complexity index is 491. The molecule has 1 aromatic carbocycles. The van der Waals surface area contributed by atoms with Crippen LogP contribution in [0.25, 0.3) is 0 Å². The van der Waals surface area contributed by atoms with Crippen LogP contribution in [0.1, 0.15) is 23.2 Å². The van der Waals surface area contributed by atoms with Gasteiger partial charge in [-0.25, -0.2) is 8.78 Å². The van der Waals surface area contributed by atoms with Gasteiger partial charge in [0.25, 0.3) is 5.91 Å². The lowest BCUT2D eigenvalue weighted by molar-refractivity contribution is -0.124. The van der Waals surface area contributed by atoms with Gasteiger partial charge in [-0.15, -0.1) is 0 Å². The zero-order valence-electron chi connectivity index (χ0n) is 9.50. The van der Waals surface area contributed by atoms with E-state index in [0.717, 1.165) is 18.6 Å². The first-order chi connectivity index (χ1) is 8.58. The Morgan fingerprint density at radius 1 is 1.33 bits per heavy atom. The number of carbonyl (C=O) groups is 2. The van der Waals surface area contributed by atoms with Crippen LogP contribution in [-0.2, 0) is 4.79 Å². The number of nitrogens with one attached hydrogen (secondary N) is 2. The first-order valence-electron chi connectivity index (χ1n) is 5.61. The van der Waals surface area contributed by atoms with Crippen LogP contribution in [0.2, 0.25) is 0 Å². The predicted molar refractivity (Wildman–Crippen MR) is 59.9 cm³/mol. The minimum atomic E-state index is -1.09. The second-order valence-electron chi connectivity index (χ2n) is 4.09. The molecule has 0 saturated carbocycles. The lowest BCUT2D eigenvalue weighted by atomic mass is 10.1. The molecule has 1 aliphatic rings. The van der Waals surface area contributed by atoms with E-state index in [1.807, 2.05) is 0 Å². The van der Waals surface area contributed by atoms with E-state index in [-0.39, 0.29) is 11.5 Å². The smallest absolute Gasteiger partial charge is 0.252 e. The summed E-state index contributed by atoms with van der Waals surface area (Å²) < 4.78 is 25.7. The maximum Gasteiger partial charge on any atom is 0.252 e. The molecule has 0 aliphatic carbocycles. The van der Waals surface area contributed by atoms with Crippen molar-refractivity contribution >= 4 is 11.8 Å². The second-order valence-corrected chi connectivity index (χ2v) is 4.09. The number of piperidine rings is 1. The molecule has 2 amide bonds. The molecule has 2 rings (SSSR count). The van der Waals surface area contributed by atoms with E-state index in [9.17, 15) is 18.4 Å². The van der Waals surface area contributed by atoms with Crippen LogP contribution in [0.15, 0.2) is 18.2 Å². The number of rotatable bonds is 2. The molecule has 1 heterocycles. The van der Waals surface area contributed by atoms with Crippen molar-refractivity contribution in [2.45, 2.75) is 18.9 Å². The highest BCUT2D eigenvalue weighted by Crippen LogP contribution is 2.10. The first-order valence-corrected chi connectivity index (χ1v) is 5.61. The minimum absolute atomic E-state index is 0.00715. The summed E-state index contributed by atoms with van der Waals surface area (Å²) in [5.74, 6) is -2.94. The third-order valence-corrected chi connectivity index (χ3v) is 2.77. The van der Waals surface area contributed by atoms with E-state index in [4.69, 9.17) is 0 Å². The van der Waals surface area contributed by atoms with Crippen molar-refractivity contribution in [2.75, 3.05) is 6.54 Å². The van der Waals surface area contributed by atoms with Crippen LogP contribution < -0.4 is 10.6 Å². The van der Waals surface area contributed by atoms with Crippen molar-refractivity contribution in [3.05, 3.63) is 35.4 Å². The third kappa shape index (κ3) is 2.64. The monoisotopic (exact) mass is 254 g/mol. The van der Waals surface area contributed by atoms with Gasteiger partial charge < -0.3 is 10.6 Å². The largest absolute Gasteiger partial charge is 0.354 e. The molecule has 0 spiro atoms. The van der Waals surface area contributed by atoms with Gasteiger partial charge in [-0.05, 0) is 31.0 Å². The SMILES string of the molecule is O=C(NC1CCCNC1=O)c1ccc(F)c(F)c1. The maximum atomic E-state index is 13.0. The van der Waals surface area contributed by atoms with E-state index >= 15 is 0 Å². The zero-order chi connectivity index (χ0) is 13.1. The molecule has 4 nitrogen and oxygen atoms in total. The topological polar surface area (TPSA) is 58.2 Å². The maximum absolute atomic E-state index is 13.0. The average Bonchev–Trinajstić information content (AvgIpc) is 2.35. The second kappa shape index (κ2) is 5.12. The van der Waals surface area contributed by atoms with E-state index < -0.39 is 23.6 Å². The molecule has 18 heavy (non-hydrogen) atoms. The number of amides is 2. The van der Waals surface area contributed by atoms with Gasteiger partial charge in [-0.2, -0.15) is 0 Å². The summed E-state index contributed by atoms with van der Waals surface area (Å²) in [6, 6.07) is 2.25. The van der Waals surface area contributed by atoms with Gasteiger partial charge in [-0.1, -0.05) is 0 Å². The third-order valence-electron chi connectivity index (χ3n) is 2.77. The van der Waals surface area contributed by atoms with Crippen LogP contribution >= 0.6 is 0 Å². The molecule has 2 N–H and O–H groups in total. The Morgan fingerprint density at radius 3 is 2.78 bits per heavy atom. The fraction of sp³-hybridized carbons (Fsp3) is 0.333. The molecule has 0 bridgehead atoms.